The van der Waals surface area contributed by atoms with Crippen molar-refractivity contribution in [1.82, 2.24) is 20.3 Å². The average Bonchev–Trinajstić information content (AvgIpc) is 2.76. The smallest absolute Gasteiger partial charge is 0.320 e. The highest BCUT2D eigenvalue weighted by atomic mass is 32.1. The van der Waals surface area contributed by atoms with Gasteiger partial charge < -0.3 is 5.32 Å². The highest BCUT2D eigenvalue weighted by Crippen LogP contribution is 2.08. The number of anilines is 1. The first-order valence-corrected chi connectivity index (χ1v) is 6.34. The van der Waals surface area contributed by atoms with Crippen molar-refractivity contribution in [3.63, 3.8) is 0 Å². The first kappa shape index (κ1) is 12.4. The van der Waals surface area contributed by atoms with Crippen LogP contribution in [0, 0.1) is 6.92 Å². The Morgan fingerprint density at radius 1 is 1.44 bits per heavy atom. The lowest BCUT2D eigenvalue weighted by Gasteiger charge is -2.05. The van der Waals surface area contributed by atoms with Crippen molar-refractivity contribution in [3.05, 3.63) is 34.7 Å². The molecule has 0 aliphatic rings. The summed E-state index contributed by atoms with van der Waals surface area (Å²) in [5, 5.41) is 8.35. The minimum atomic E-state index is -0.288. The van der Waals surface area contributed by atoms with Crippen molar-refractivity contribution >= 4 is 23.2 Å². The number of aryl methyl sites for hydroxylation is 1. The number of nitrogens with zero attached hydrogens (tertiary/aromatic N) is 3. The number of urea groups is 1. The van der Waals surface area contributed by atoms with E-state index in [1.165, 1.54) is 12.4 Å². The maximum absolute atomic E-state index is 11.5. The number of amides is 2. The second-order valence-electron chi connectivity index (χ2n) is 3.60. The molecule has 0 spiro atoms. The molecule has 0 fully saturated rings. The Morgan fingerprint density at radius 2 is 2.33 bits per heavy atom. The molecule has 0 aromatic carbocycles. The molecule has 2 N–H and O–H groups in total. The molecule has 6 nitrogen and oxygen atoms in total. The van der Waals surface area contributed by atoms with Gasteiger partial charge in [-0.05, 0) is 6.92 Å². The van der Waals surface area contributed by atoms with Crippen LogP contribution in [0.3, 0.4) is 0 Å². The summed E-state index contributed by atoms with van der Waals surface area (Å²) in [4.78, 5) is 23.6. The molecule has 2 heterocycles. The molecule has 7 heteroatoms. The number of hydrogen-bond acceptors (Lipinski definition) is 5. The van der Waals surface area contributed by atoms with Crippen molar-refractivity contribution in [1.29, 1.82) is 0 Å². The lowest BCUT2D eigenvalue weighted by molar-refractivity contribution is 0.252. The lowest BCUT2D eigenvalue weighted by Crippen LogP contribution is -2.30. The molecule has 0 unspecified atom stereocenters. The quantitative estimate of drug-likeness (QED) is 0.878. The van der Waals surface area contributed by atoms with Crippen LogP contribution in [0.1, 0.15) is 10.7 Å². The van der Waals surface area contributed by atoms with E-state index in [4.69, 9.17) is 0 Å². The van der Waals surface area contributed by atoms with Crippen LogP contribution in [-0.4, -0.2) is 27.5 Å². The van der Waals surface area contributed by atoms with Crippen LogP contribution in [0.2, 0.25) is 0 Å². The third kappa shape index (κ3) is 3.77. The Bertz CT molecular complexity index is 513. The standard InChI is InChI=1S/C11H13N5OS/c1-8-7-18-10(15-8)2-3-14-11(17)16-9-6-12-4-5-13-9/h4-7H,2-3H2,1H3,(H2,13,14,16,17). The molecule has 94 valence electrons. The molecular formula is C11H13N5OS. The molecule has 2 amide bonds. The van der Waals surface area contributed by atoms with Gasteiger partial charge in [0.1, 0.15) is 0 Å². The van der Waals surface area contributed by atoms with Crippen LogP contribution < -0.4 is 10.6 Å². The van der Waals surface area contributed by atoms with Gasteiger partial charge in [-0.25, -0.2) is 14.8 Å². The summed E-state index contributed by atoms with van der Waals surface area (Å²) in [5.74, 6) is 0.431. The fourth-order valence-electron chi connectivity index (χ4n) is 1.32. The molecule has 0 saturated heterocycles. The summed E-state index contributed by atoms with van der Waals surface area (Å²) in [5.41, 5.74) is 1.01. The van der Waals surface area contributed by atoms with E-state index in [2.05, 4.69) is 25.6 Å². The van der Waals surface area contributed by atoms with Crippen molar-refractivity contribution in [3.8, 4) is 0 Å². The molecule has 0 bridgehead atoms. The summed E-state index contributed by atoms with van der Waals surface area (Å²) in [7, 11) is 0. The van der Waals surface area contributed by atoms with Crippen molar-refractivity contribution in [2.24, 2.45) is 0 Å². The minimum absolute atomic E-state index is 0.288. The van der Waals surface area contributed by atoms with Gasteiger partial charge in [0, 0.05) is 36.4 Å². The Labute approximate surface area is 109 Å². The zero-order valence-electron chi connectivity index (χ0n) is 9.88. The summed E-state index contributed by atoms with van der Waals surface area (Å²) < 4.78 is 0. The van der Waals surface area contributed by atoms with E-state index in [9.17, 15) is 4.79 Å². The summed E-state index contributed by atoms with van der Waals surface area (Å²) in [6, 6.07) is -0.288. The van der Waals surface area contributed by atoms with Gasteiger partial charge in [-0.3, -0.25) is 10.3 Å². The van der Waals surface area contributed by atoms with E-state index in [1.54, 1.807) is 17.5 Å². The molecule has 18 heavy (non-hydrogen) atoms. The average molecular weight is 263 g/mol. The third-order valence-corrected chi connectivity index (χ3v) is 3.12. The number of hydrogen-bond donors (Lipinski definition) is 2. The van der Waals surface area contributed by atoms with Crippen molar-refractivity contribution in [2.75, 3.05) is 11.9 Å². The maximum Gasteiger partial charge on any atom is 0.320 e. The van der Waals surface area contributed by atoms with Crippen LogP contribution in [0.5, 0.6) is 0 Å². The van der Waals surface area contributed by atoms with Gasteiger partial charge in [0.05, 0.1) is 11.2 Å². The van der Waals surface area contributed by atoms with E-state index in [0.29, 0.717) is 12.4 Å². The van der Waals surface area contributed by atoms with Crippen molar-refractivity contribution in [2.45, 2.75) is 13.3 Å². The molecule has 0 saturated carbocycles. The molecule has 0 atom stereocenters. The second kappa shape index (κ2) is 6.06. The Hall–Kier alpha value is -2.02. The summed E-state index contributed by atoms with van der Waals surface area (Å²) >= 11 is 1.60. The van der Waals surface area contributed by atoms with Crippen LogP contribution in [0.15, 0.2) is 24.0 Å². The van der Waals surface area contributed by atoms with E-state index in [1.807, 2.05) is 12.3 Å². The van der Waals surface area contributed by atoms with E-state index < -0.39 is 0 Å². The monoisotopic (exact) mass is 263 g/mol. The van der Waals surface area contributed by atoms with Gasteiger partial charge >= 0.3 is 6.03 Å². The number of carbonyl (C=O) groups is 1. The molecule has 0 radical (unpaired) electrons. The van der Waals surface area contributed by atoms with Gasteiger partial charge in [-0.15, -0.1) is 11.3 Å². The molecule has 0 aliphatic heterocycles. The summed E-state index contributed by atoms with van der Waals surface area (Å²) in [6.45, 7) is 2.49. The van der Waals surface area contributed by atoms with Gasteiger partial charge in [-0.1, -0.05) is 0 Å². The topological polar surface area (TPSA) is 79.8 Å². The molecule has 2 aromatic rings. The highest BCUT2D eigenvalue weighted by molar-refractivity contribution is 7.09. The number of carbonyl (C=O) groups excluding carboxylic acids is 1. The first-order valence-electron chi connectivity index (χ1n) is 5.46. The van der Waals surface area contributed by atoms with Crippen LogP contribution in [-0.2, 0) is 6.42 Å². The number of nitrogens with one attached hydrogen (secondary N) is 2. The van der Waals surface area contributed by atoms with Gasteiger partial charge in [-0.2, -0.15) is 0 Å². The van der Waals surface area contributed by atoms with Crippen LogP contribution >= 0.6 is 11.3 Å². The fraction of sp³-hybridized carbons (Fsp3) is 0.273. The molecule has 2 rings (SSSR count). The third-order valence-electron chi connectivity index (χ3n) is 2.10. The summed E-state index contributed by atoms with van der Waals surface area (Å²) in [6.07, 6.45) is 5.29. The SMILES string of the molecule is Cc1csc(CCNC(=O)Nc2cnccn2)n1. The molecule has 2 aromatic heterocycles. The lowest BCUT2D eigenvalue weighted by atomic mass is 10.4. The van der Waals surface area contributed by atoms with Crippen molar-refractivity contribution < 1.29 is 4.79 Å². The fourth-order valence-corrected chi connectivity index (χ4v) is 2.10. The van der Waals surface area contributed by atoms with Gasteiger partial charge in [0.25, 0.3) is 0 Å². The second-order valence-corrected chi connectivity index (χ2v) is 4.55. The maximum atomic E-state index is 11.5. The normalized spacial score (nSPS) is 10.1. The Morgan fingerprint density at radius 3 is 3.00 bits per heavy atom. The predicted octanol–water partition coefficient (Wildman–Crippen LogP) is 1.61. The Balaban J connectivity index is 1.72. The van der Waals surface area contributed by atoms with Crippen LogP contribution in [0.4, 0.5) is 10.6 Å². The van der Waals surface area contributed by atoms with Gasteiger partial charge in [0.2, 0.25) is 0 Å². The largest absolute Gasteiger partial charge is 0.337 e. The molecule has 0 aliphatic carbocycles. The zero-order chi connectivity index (χ0) is 12.8. The van der Waals surface area contributed by atoms with E-state index >= 15 is 0 Å². The van der Waals surface area contributed by atoms with Crippen LogP contribution in [0.25, 0.3) is 0 Å². The minimum Gasteiger partial charge on any atom is -0.337 e. The first-order chi connectivity index (χ1) is 8.74. The highest BCUT2D eigenvalue weighted by Gasteiger charge is 2.03. The van der Waals surface area contributed by atoms with E-state index in [-0.39, 0.29) is 6.03 Å². The van der Waals surface area contributed by atoms with E-state index in [0.717, 1.165) is 17.1 Å². The number of rotatable bonds is 4. The van der Waals surface area contributed by atoms with Gasteiger partial charge in [0.15, 0.2) is 5.82 Å². The number of aromatic nitrogens is 3. The molecular weight excluding hydrogens is 250 g/mol. The zero-order valence-corrected chi connectivity index (χ0v) is 10.7. The Kier molecular flexibility index (Phi) is 4.19. The predicted molar refractivity (Wildman–Crippen MR) is 69.6 cm³/mol. The number of thiazole rings is 1.